The average molecular weight is 440 g/mol. The fourth-order valence-electron chi connectivity index (χ4n) is 5.03. The third kappa shape index (κ3) is 3.19. The number of aromatic nitrogens is 1. The van der Waals surface area contributed by atoms with E-state index in [2.05, 4.69) is 39.9 Å². The van der Waals surface area contributed by atoms with Gasteiger partial charge in [0.25, 0.3) is 0 Å². The molecule has 5 heteroatoms. The standard InChI is InChI=1S/C27H22ClN3O/c28-18-11-9-16(10-12-18)17-13-24-26(25(32)14-17)27(31-23-8-4-3-7-22(23)30-24)20-15-29-21-6-2-1-5-19(20)21/h1-12,15,17,27,29-31H,13-14H2/t17-,27-/m0/s1. The molecule has 0 bridgehead atoms. The van der Waals surface area contributed by atoms with E-state index in [4.69, 9.17) is 11.6 Å². The number of halogens is 1. The highest BCUT2D eigenvalue weighted by Gasteiger charge is 2.36. The summed E-state index contributed by atoms with van der Waals surface area (Å²) in [6.07, 6.45) is 3.29. The van der Waals surface area contributed by atoms with Crippen LogP contribution in [0.3, 0.4) is 0 Å². The van der Waals surface area contributed by atoms with E-state index in [0.717, 1.165) is 51.1 Å². The fourth-order valence-corrected chi connectivity index (χ4v) is 5.16. The maximum absolute atomic E-state index is 13.7. The first-order chi connectivity index (χ1) is 15.7. The van der Waals surface area contributed by atoms with E-state index in [-0.39, 0.29) is 17.7 Å². The van der Waals surface area contributed by atoms with E-state index in [1.54, 1.807) is 0 Å². The van der Waals surface area contributed by atoms with Crippen molar-refractivity contribution in [2.24, 2.45) is 0 Å². The van der Waals surface area contributed by atoms with Crippen LogP contribution in [-0.2, 0) is 4.79 Å². The SMILES string of the molecule is O=C1C[C@@H](c2ccc(Cl)cc2)CC2=C1[C@H](c1c[nH]c3ccccc13)Nc1ccccc1N2. The van der Waals surface area contributed by atoms with Crippen LogP contribution in [0.5, 0.6) is 0 Å². The average Bonchev–Trinajstić information content (AvgIpc) is 3.15. The Balaban J connectivity index is 1.49. The summed E-state index contributed by atoms with van der Waals surface area (Å²) in [4.78, 5) is 17.0. The van der Waals surface area contributed by atoms with Crippen LogP contribution in [0.15, 0.2) is 90.3 Å². The Hall–Kier alpha value is -3.50. The molecule has 0 fully saturated rings. The molecule has 3 aromatic carbocycles. The van der Waals surface area contributed by atoms with Crippen molar-refractivity contribution >= 4 is 39.7 Å². The van der Waals surface area contributed by atoms with Crippen molar-refractivity contribution in [3.63, 3.8) is 0 Å². The highest BCUT2D eigenvalue weighted by molar-refractivity contribution is 6.30. The predicted molar refractivity (Wildman–Crippen MR) is 130 cm³/mol. The Labute approximate surface area is 191 Å². The molecule has 158 valence electrons. The van der Waals surface area contributed by atoms with Gasteiger partial charge < -0.3 is 15.6 Å². The first kappa shape index (κ1) is 19.2. The van der Waals surface area contributed by atoms with Crippen molar-refractivity contribution < 1.29 is 4.79 Å². The summed E-state index contributed by atoms with van der Waals surface area (Å²) in [5, 5.41) is 9.11. The van der Waals surface area contributed by atoms with Gasteiger partial charge >= 0.3 is 0 Å². The zero-order valence-corrected chi connectivity index (χ0v) is 18.1. The molecular formula is C27H22ClN3O. The lowest BCUT2D eigenvalue weighted by atomic mass is 9.78. The number of carbonyl (C=O) groups is 1. The highest BCUT2D eigenvalue weighted by atomic mass is 35.5. The molecule has 0 spiro atoms. The fraction of sp³-hybridized carbons (Fsp3) is 0.148. The monoisotopic (exact) mass is 439 g/mol. The molecule has 2 heterocycles. The van der Waals surface area contributed by atoms with Gasteiger partial charge in [-0.3, -0.25) is 4.79 Å². The first-order valence-electron chi connectivity index (χ1n) is 10.9. The Bertz CT molecular complexity index is 1370. The molecule has 32 heavy (non-hydrogen) atoms. The van der Waals surface area contributed by atoms with Gasteiger partial charge in [0.05, 0.1) is 17.4 Å². The second-order valence-corrected chi connectivity index (χ2v) is 8.95. The minimum atomic E-state index is -0.226. The van der Waals surface area contributed by atoms with Gasteiger partial charge in [0, 0.05) is 45.4 Å². The van der Waals surface area contributed by atoms with Gasteiger partial charge in [-0.15, -0.1) is 0 Å². The maximum atomic E-state index is 13.7. The Kier molecular flexibility index (Phi) is 4.54. The van der Waals surface area contributed by atoms with Crippen LogP contribution in [-0.4, -0.2) is 10.8 Å². The lowest BCUT2D eigenvalue weighted by Gasteiger charge is -2.29. The van der Waals surface area contributed by atoms with Crippen LogP contribution < -0.4 is 10.6 Å². The number of fused-ring (bicyclic) bond motifs is 2. The van der Waals surface area contributed by atoms with Crippen molar-refractivity contribution in [1.82, 2.24) is 4.98 Å². The number of hydrogen-bond donors (Lipinski definition) is 3. The molecule has 2 aliphatic rings. The van der Waals surface area contributed by atoms with Crippen molar-refractivity contribution in [1.29, 1.82) is 0 Å². The second-order valence-electron chi connectivity index (χ2n) is 8.51. The van der Waals surface area contributed by atoms with Crippen LogP contribution in [0.25, 0.3) is 10.9 Å². The van der Waals surface area contributed by atoms with E-state index >= 15 is 0 Å². The van der Waals surface area contributed by atoms with Gasteiger partial charge in [-0.2, -0.15) is 0 Å². The molecule has 3 N–H and O–H groups in total. The van der Waals surface area contributed by atoms with Gasteiger partial charge in [-0.25, -0.2) is 0 Å². The molecule has 0 saturated carbocycles. The molecule has 1 aliphatic heterocycles. The van der Waals surface area contributed by atoms with Crippen LogP contribution >= 0.6 is 11.6 Å². The van der Waals surface area contributed by atoms with Crippen molar-refractivity contribution in [2.75, 3.05) is 10.6 Å². The number of anilines is 2. The van der Waals surface area contributed by atoms with E-state index in [1.165, 1.54) is 0 Å². The molecule has 6 rings (SSSR count). The highest BCUT2D eigenvalue weighted by Crippen LogP contribution is 2.45. The number of hydrogen-bond acceptors (Lipinski definition) is 3. The minimum Gasteiger partial charge on any atom is -0.372 e. The number of H-pyrrole nitrogens is 1. The topological polar surface area (TPSA) is 56.9 Å². The molecule has 1 aliphatic carbocycles. The van der Waals surface area contributed by atoms with Crippen LogP contribution in [0.4, 0.5) is 11.4 Å². The van der Waals surface area contributed by atoms with E-state index < -0.39 is 0 Å². The van der Waals surface area contributed by atoms with E-state index in [0.29, 0.717) is 11.4 Å². The van der Waals surface area contributed by atoms with Crippen molar-refractivity contribution in [2.45, 2.75) is 24.8 Å². The summed E-state index contributed by atoms with van der Waals surface area (Å²) < 4.78 is 0. The van der Waals surface area contributed by atoms with Crippen molar-refractivity contribution in [3.8, 4) is 0 Å². The Morgan fingerprint density at radius 2 is 1.59 bits per heavy atom. The summed E-state index contributed by atoms with van der Waals surface area (Å²) in [6.45, 7) is 0. The Morgan fingerprint density at radius 3 is 2.44 bits per heavy atom. The third-order valence-electron chi connectivity index (χ3n) is 6.58. The number of allylic oxidation sites excluding steroid dienone is 1. The predicted octanol–water partition coefficient (Wildman–Crippen LogP) is 6.80. The van der Waals surface area contributed by atoms with Crippen molar-refractivity contribution in [3.05, 3.63) is 106 Å². The normalized spacial score (nSPS) is 20.2. The molecule has 0 saturated heterocycles. The zero-order chi connectivity index (χ0) is 21.7. The molecule has 1 aromatic heterocycles. The maximum Gasteiger partial charge on any atom is 0.163 e. The molecule has 0 radical (unpaired) electrons. The summed E-state index contributed by atoms with van der Waals surface area (Å²) in [7, 11) is 0. The number of carbonyl (C=O) groups excluding carboxylic acids is 1. The number of nitrogens with one attached hydrogen (secondary N) is 3. The molecule has 2 atom stereocenters. The summed E-state index contributed by atoms with van der Waals surface area (Å²) in [6, 6.07) is 24.0. The van der Waals surface area contributed by atoms with Gasteiger partial charge in [0.15, 0.2) is 5.78 Å². The quantitative estimate of drug-likeness (QED) is 0.322. The number of Topliss-reactive ketones (excluding diaryl/α,β-unsaturated/α-hetero) is 1. The molecule has 4 nitrogen and oxygen atoms in total. The number of para-hydroxylation sites is 3. The number of ketones is 1. The van der Waals surface area contributed by atoms with Crippen LogP contribution in [0.2, 0.25) is 5.02 Å². The number of rotatable bonds is 2. The van der Waals surface area contributed by atoms with E-state index in [1.807, 2.05) is 54.7 Å². The molecule has 4 aromatic rings. The van der Waals surface area contributed by atoms with Gasteiger partial charge in [-0.1, -0.05) is 54.1 Å². The molecule has 0 amide bonds. The molecular weight excluding hydrogens is 418 g/mol. The minimum absolute atomic E-state index is 0.125. The zero-order valence-electron chi connectivity index (χ0n) is 17.4. The first-order valence-corrected chi connectivity index (χ1v) is 11.3. The van der Waals surface area contributed by atoms with Crippen LogP contribution in [0.1, 0.15) is 35.9 Å². The van der Waals surface area contributed by atoms with Crippen LogP contribution in [0, 0.1) is 0 Å². The van der Waals surface area contributed by atoms with E-state index in [9.17, 15) is 4.79 Å². The lowest BCUT2D eigenvalue weighted by molar-refractivity contribution is -0.116. The number of benzene rings is 3. The smallest absolute Gasteiger partial charge is 0.163 e. The summed E-state index contributed by atoms with van der Waals surface area (Å²) in [5.74, 6) is 0.300. The summed E-state index contributed by atoms with van der Waals surface area (Å²) >= 11 is 6.09. The van der Waals surface area contributed by atoms with Gasteiger partial charge in [0.2, 0.25) is 0 Å². The largest absolute Gasteiger partial charge is 0.372 e. The lowest BCUT2D eigenvalue weighted by Crippen LogP contribution is -2.26. The molecule has 0 unspecified atom stereocenters. The second kappa shape index (κ2) is 7.57. The Morgan fingerprint density at radius 1 is 0.844 bits per heavy atom. The summed E-state index contributed by atoms with van der Waals surface area (Å²) in [5.41, 5.74) is 7.11. The number of aromatic amines is 1. The third-order valence-corrected chi connectivity index (χ3v) is 6.83. The van der Waals surface area contributed by atoms with Gasteiger partial charge in [0.1, 0.15) is 0 Å². The van der Waals surface area contributed by atoms with Gasteiger partial charge in [-0.05, 0) is 48.2 Å².